The fourth-order valence-corrected chi connectivity index (χ4v) is 2.44. The van der Waals surface area contributed by atoms with Gasteiger partial charge in [-0.05, 0) is 17.7 Å². The standard InChI is InChI=1S/C15H16F2N2O5/c1-7-11(13(20)23-3)12(19-15(21)18-7)8-4-5-9(24-14(16)17)10(6-8)22-2/h4-6,11-12,14H,1H2,2-3H3,(H2,18,19,21). The van der Waals surface area contributed by atoms with Crippen molar-refractivity contribution in [3.63, 3.8) is 0 Å². The van der Waals surface area contributed by atoms with Crippen LogP contribution in [-0.4, -0.2) is 32.8 Å². The molecule has 2 atom stereocenters. The van der Waals surface area contributed by atoms with Crippen molar-refractivity contribution in [1.29, 1.82) is 0 Å². The van der Waals surface area contributed by atoms with E-state index in [-0.39, 0.29) is 17.2 Å². The Bertz CT molecular complexity index is 665. The molecule has 0 saturated carbocycles. The number of halogens is 2. The first-order chi connectivity index (χ1) is 11.4. The Morgan fingerprint density at radius 1 is 1.29 bits per heavy atom. The molecule has 2 N–H and O–H groups in total. The largest absolute Gasteiger partial charge is 0.493 e. The summed E-state index contributed by atoms with van der Waals surface area (Å²) in [6.45, 7) is 0.654. The van der Waals surface area contributed by atoms with E-state index in [2.05, 4.69) is 21.9 Å². The third-order valence-corrected chi connectivity index (χ3v) is 3.49. The van der Waals surface area contributed by atoms with Crippen molar-refractivity contribution in [1.82, 2.24) is 10.6 Å². The lowest BCUT2D eigenvalue weighted by Gasteiger charge is -2.33. The van der Waals surface area contributed by atoms with Gasteiger partial charge in [-0.1, -0.05) is 12.6 Å². The number of hydrogen-bond acceptors (Lipinski definition) is 5. The van der Waals surface area contributed by atoms with Crippen molar-refractivity contribution >= 4 is 12.0 Å². The highest BCUT2D eigenvalue weighted by Crippen LogP contribution is 2.36. The molecule has 9 heteroatoms. The van der Waals surface area contributed by atoms with E-state index in [0.717, 1.165) is 0 Å². The molecule has 1 saturated heterocycles. The number of esters is 1. The van der Waals surface area contributed by atoms with Gasteiger partial charge in [0.25, 0.3) is 0 Å². The summed E-state index contributed by atoms with van der Waals surface area (Å²) in [5.41, 5.74) is 0.613. The van der Waals surface area contributed by atoms with Gasteiger partial charge in [0.05, 0.1) is 20.3 Å². The minimum absolute atomic E-state index is 0.0369. The number of carbonyl (C=O) groups excluding carboxylic acids is 2. The maximum Gasteiger partial charge on any atom is 0.387 e. The fourth-order valence-electron chi connectivity index (χ4n) is 2.44. The zero-order chi connectivity index (χ0) is 17.9. The zero-order valence-corrected chi connectivity index (χ0v) is 13.0. The second-order valence-corrected chi connectivity index (χ2v) is 4.89. The lowest BCUT2D eigenvalue weighted by atomic mass is 9.89. The molecule has 1 aliphatic rings. The SMILES string of the molecule is C=C1NC(=O)NC(c2ccc(OC(F)F)c(OC)c2)C1C(=O)OC. The van der Waals surface area contributed by atoms with E-state index in [4.69, 9.17) is 9.47 Å². The summed E-state index contributed by atoms with van der Waals surface area (Å²) < 4.78 is 38.9. The Labute approximate surface area is 136 Å². The molecule has 0 bridgehead atoms. The molecule has 24 heavy (non-hydrogen) atoms. The third-order valence-electron chi connectivity index (χ3n) is 3.49. The molecule has 2 rings (SSSR count). The quantitative estimate of drug-likeness (QED) is 0.799. The van der Waals surface area contributed by atoms with Gasteiger partial charge in [0.2, 0.25) is 0 Å². The molecule has 1 fully saturated rings. The number of carbonyl (C=O) groups is 2. The van der Waals surface area contributed by atoms with Crippen LogP contribution >= 0.6 is 0 Å². The van der Waals surface area contributed by atoms with E-state index >= 15 is 0 Å². The Morgan fingerprint density at radius 2 is 2.00 bits per heavy atom. The molecule has 2 unspecified atom stereocenters. The first kappa shape index (κ1) is 17.5. The number of urea groups is 1. The van der Waals surface area contributed by atoms with Gasteiger partial charge in [0.15, 0.2) is 11.5 Å². The van der Waals surface area contributed by atoms with E-state index < -0.39 is 30.6 Å². The first-order valence-electron chi connectivity index (χ1n) is 6.84. The van der Waals surface area contributed by atoms with Crippen LogP contribution in [0.25, 0.3) is 0 Å². The predicted octanol–water partition coefficient (Wildman–Crippen LogP) is 1.95. The molecule has 7 nitrogen and oxygen atoms in total. The van der Waals surface area contributed by atoms with Crippen molar-refractivity contribution in [2.75, 3.05) is 14.2 Å². The fraction of sp³-hybridized carbons (Fsp3) is 0.333. The molecule has 0 radical (unpaired) electrons. The Balaban J connectivity index is 2.41. The highest BCUT2D eigenvalue weighted by molar-refractivity contribution is 5.85. The van der Waals surface area contributed by atoms with Gasteiger partial charge in [-0.2, -0.15) is 8.78 Å². The average molecular weight is 342 g/mol. The molecule has 0 spiro atoms. The van der Waals surface area contributed by atoms with E-state index in [1.807, 2.05) is 0 Å². The molecule has 130 valence electrons. The van der Waals surface area contributed by atoms with Gasteiger partial charge in [-0.15, -0.1) is 0 Å². The van der Waals surface area contributed by atoms with Gasteiger partial charge in [-0.3, -0.25) is 4.79 Å². The lowest BCUT2D eigenvalue weighted by Crippen LogP contribution is -2.51. The summed E-state index contributed by atoms with van der Waals surface area (Å²) in [4.78, 5) is 23.7. The number of benzene rings is 1. The topological polar surface area (TPSA) is 85.9 Å². The Kier molecular flexibility index (Phi) is 5.22. The molecular formula is C15H16F2N2O5. The van der Waals surface area contributed by atoms with Crippen LogP contribution < -0.4 is 20.1 Å². The molecule has 2 amide bonds. The highest BCUT2D eigenvalue weighted by Gasteiger charge is 2.38. The number of nitrogens with one attached hydrogen (secondary N) is 2. The van der Waals surface area contributed by atoms with Crippen LogP contribution in [0.4, 0.5) is 13.6 Å². The predicted molar refractivity (Wildman–Crippen MR) is 78.7 cm³/mol. The molecule has 1 aliphatic heterocycles. The smallest absolute Gasteiger partial charge is 0.387 e. The number of ether oxygens (including phenoxy) is 3. The minimum atomic E-state index is -3.01. The van der Waals surface area contributed by atoms with Crippen molar-refractivity contribution < 1.29 is 32.6 Å². The molecule has 0 aliphatic carbocycles. The molecule has 1 aromatic rings. The van der Waals surface area contributed by atoms with Crippen molar-refractivity contribution in [3.8, 4) is 11.5 Å². The zero-order valence-electron chi connectivity index (χ0n) is 13.0. The summed E-state index contributed by atoms with van der Waals surface area (Å²) in [5.74, 6) is -1.62. The summed E-state index contributed by atoms with van der Waals surface area (Å²) in [6.07, 6.45) is 0. The summed E-state index contributed by atoms with van der Waals surface area (Å²) in [5, 5.41) is 4.99. The van der Waals surface area contributed by atoms with E-state index in [1.165, 1.54) is 32.4 Å². The average Bonchev–Trinajstić information content (AvgIpc) is 2.53. The van der Waals surface area contributed by atoms with E-state index in [1.54, 1.807) is 0 Å². The summed E-state index contributed by atoms with van der Waals surface area (Å²) in [7, 11) is 2.50. The first-order valence-corrected chi connectivity index (χ1v) is 6.84. The van der Waals surface area contributed by atoms with Crippen molar-refractivity contribution in [2.24, 2.45) is 5.92 Å². The molecule has 1 aromatic carbocycles. The van der Waals surface area contributed by atoms with Gasteiger partial charge in [0, 0.05) is 5.70 Å². The number of methoxy groups -OCH3 is 2. The highest BCUT2D eigenvalue weighted by atomic mass is 19.3. The van der Waals surface area contributed by atoms with Crippen LogP contribution in [0.5, 0.6) is 11.5 Å². The van der Waals surface area contributed by atoms with Crippen LogP contribution in [-0.2, 0) is 9.53 Å². The van der Waals surface area contributed by atoms with Crippen molar-refractivity contribution in [3.05, 3.63) is 36.0 Å². The lowest BCUT2D eigenvalue weighted by molar-refractivity contribution is -0.145. The monoisotopic (exact) mass is 342 g/mol. The van der Waals surface area contributed by atoms with Gasteiger partial charge in [0.1, 0.15) is 5.92 Å². The van der Waals surface area contributed by atoms with Gasteiger partial charge < -0.3 is 24.8 Å². The van der Waals surface area contributed by atoms with Gasteiger partial charge >= 0.3 is 18.6 Å². The maximum absolute atomic E-state index is 12.4. The second kappa shape index (κ2) is 7.16. The maximum atomic E-state index is 12.4. The minimum Gasteiger partial charge on any atom is -0.493 e. The van der Waals surface area contributed by atoms with E-state index in [9.17, 15) is 18.4 Å². The van der Waals surface area contributed by atoms with Crippen LogP contribution in [0.15, 0.2) is 30.5 Å². The van der Waals surface area contributed by atoms with Crippen LogP contribution in [0.3, 0.4) is 0 Å². The number of hydrogen-bond donors (Lipinski definition) is 2. The van der Waals surface area contributed by atoms with Crippen molar-refractivity contribution in [2.45, 2.75) is 12.7 Å². The van der Waals surface area contributed by atoms with Crippen LogP contribution in [0, 0.1) is 5.92 Å². The second-order valence-electron chi connectivity index (χ2n) is 4.89. The number of amides is 2. The Morgan fingerprint density at radius 3 is 2.58 bits per heavy atom. The number of rotatable bonds is 5. The van der Waals surface area contributed by atoms with E-state index in [0.29, 0.717) is 5.56 Å². The molecule has 1 heterocycles. The number of alkyl halides is 2. The van der Waals surface area contributed by atoms with Gasteiger partial charge in [-0.25, -0.2) is 4.79 Å². The molecule has 0 aromatic heterocycles. The van der Waals surface area contributed by atoms with Crippen LogP contribution in [0.1, 0.15) is 11.6 Å². The molecular weight excluding hydrogens is 326 g/mol. The third kappa shape index (κ3) is 3.55. The Hall–Kier alpha value is -2.84. The normalized spacial score (nSPS) is 20.2. The summed E-state index contributed by atoms with van der Waals surface area (Å²) in [6, 6.07) is 2.77. The van der Waals surface area contributed by atoms with Crippen LogP contribution in [0.2, 0.25) is 0 Å². The summed E-state index contributed by atoms with van der Waals surface area (Å²) >= 11 is 0.